The number of aromatic nitrogens is 2. The molecule has 3 rings (SSSR count). The molecule has 2 heterocycles. The summed E-state index contributed by atoms with van der Waals surface area (Å²) in [6.45, 7) is 3.82. The molecule has 0 unspecified atom stereocenters. The van der Waals surface area contributed by atoms with Crippen molar-refractivity contribution in [1.29, 1.82) is 0 Å². The summed E-state index contributed by atoms with van der Waals surface area (Å²) in [5.74, 6) is -0.358. The van der Waals surface area contributed by atoms with Crippen molar-refractivity contribution < 1.29 is 31.1 Å². The number of halogens is 3. The Morgan fingerprint density at radius 2 is 1.90 bits per heavy atom. The molecule has 1 aromatic heterocycles. The molecule has 1 fully saturated rings. The van der Waals surface area contributed by atoms with E-state index >= 15 is 0 Å². The lowest BCUT2D eigenvalue weighted by Crippen LogP contribution is -2.37. The number of aryl methyl sites for hydroxylation is 1. The van der Waals surface area contributed by atoms with E-state index in [-0.39, 0.29) is 6.54 Å². The lowest BCUT2D eigenvalue weighted by Gasteiger charge is -2.27. The summed E-state index contributed by atoms with van der Waals surface area (Å²) >= 11 is 0. The average molecular weight is 432 g/mol. The van der Waals surface area contributed by atoms with E-state index in [1.54, 1.807) is 13.0 Å². The number of alkyl halides is 3. The van der Waals surface area contributed by atoms with Crippen molar-refractivity contribution in [3.63, 3.8) is 0 Å². The molecule has 1 saturated heterocycles. The second kappa shape index (κ2) is 8.51. The Balaban J connectivity index is 1.78. The first kappa shape index (κ1) is 21.3. The molecule has 1 aliphatic rings. The number of anilines is 1. The molecule has 0 atom stereocenters. The van der Waals surface area contributed by atoms with E-state index in [1.807, 2.05) is 4.90 Å². The Labute approximate surface area is 165 Å². The van der Waals surface area contributed by atoms with E-state index in [0.29, 0.717) is 43.6 Å². The topological polar surface area (TPSA) is 93.7 Å². The molecular weight excluding hydrogens is 413 g/mol. The Hall–Kier alpha value is -2.44. The van der Waals surface area contributed by atoms with Gasteiger partial charge in [0, 0.05) is 18.8 Å². The van der Waals surface area contributed by atoms with Crippen LogP contribution in [-0.2, 0) is 21.3 Å². The van der Waals surface area contributed by atoms with Crippen molar-refractivity contribution in [1.82, 2.24) is 14.7 Å². The standard InChI is InChI=1S/C17H19F3N4O4S/c1-12-10-13(23-16(22-12)24-6-8-27-9-7-24)11-21-29(25,26)15-5-3-2-4-14(15)28-17(18,19)20/h2-5,10,21H,6-9,11H2,1H3. The van der Waals surface area contributed by atoms with Crippen molar-refractivity contribution in [3.8, 4) is 5.75 Å². The van der Waals surface area contributed by atoms with Crippen LogP contribution in [0.15, 0.2) is 35.2 Å². The number of ether oxygens (including phenoxy) is 2. The van der Waals surface area contributed by atoms with Gasteiger partial charge in [0.05, 0.1) is 25.5 Å². The van der Waals surface area contributed by atoms with E-state index in [4.69, 9.17) is 4.74 Å². The van der Waals surface area contributed by atoms with Crippen molar-refractivity contribution in [3.05, 3.63) is 41.7 Å². The number of nitrogens with one attached hydrogen (secondary N) is 1. The summed E-state index contributed by atoms with van der Waals surface area (Å²) in [6.07, 6.45) is -5.01. The van der Waals surface area contributed by atoms with Gasteiger partial charge in [-0.25, -0.2) is 23.1 Å². The van der Waals surface area contributed by atoms with Crippen LogP contribution in [0.2, 0.25) is 0 Å². The zero-order valence-corrected chi connectivity index (χ0v) is 16.3. The van der Waals surface area contributed by atoms with Crippen LogP contribution >= 0.6 is 0 Å². The SMILES string of the molecule is Cc1cc(CNS(=O)(=O)c2ccccc2OC(F)(F)F)nc(N2CCOCC2)n1. The van der Waals surface area contributed by atoms with Crippen LogP contribution in [0.5, 0.6) is 5.75 Å². The molecule has 0 radical (unpaired) electrons. The molecular formula is C17H19F3N4O4S. The number of para-hydroxylation sites is 1. The maximum Gasteiger partial charge on any atom is 0.573 e. The van der Waals surface area contributed by atoms with Gasteiger partial charge >= 0.3 is 6.36 Å². The highest BCUT2D eigenvalue weighted by atomic mass is 32.2. The van der Waals surface area contributed by atoms with Gasteiger partial charge in [0.2, 0.25) is 16.0 Å². The van der Waals surface area contributed by atoms with Crippen LogP contribution in [0, 0.1) is 6.92 Å². The first-order valence-corrected chi connectivity index (χ1v) is 10.1. The Morgan fingerprint density at radius 3 is 2.59 bits per heavy atom. The van der Waals surface area contributed by atoms with E-state index in [0.717, 1.165) is 12.1 Å². The molecule has 0 amide bonds. The van der Waals surface area contributed by atoms with Gasteiger partial charge in [0.1, 0.15) is 10.6 Å². The summed E-state index contributed by atoms with van der Waals surface area (Å²) in [7, 11) is -4.28. The maximum absolute atomic E-state index is 12.6. The van der Waals surface area contributed by atoms with Crippen molar-refractivity contribution in [2.24, 2.45) is 0 Å². The number of morpholine rings is 1. The van der Waals surface area contributed by atoms with E-state index in [1.165, 1.54) is 12.1 Å². The number of hydrogen-bond acceptors (Lipinski definition) is 7. The largest absolute Gasteiger partial charge is 0.573 e. The summed E-state index contributed by atoms with van der Waals surface area (Å²) in [5.41, 5.74) is 1.02. The first-order chi connectivity index (χ1) is 13.6. The fourth-order valence-electron chi connectivity index (χ4n) is 2.74. The fourth-order valence-corrected chi connectivity index (χ4v) is 3.87. The van der Waals surface area contributed by atoms with E-state index < -0.39 is 27.0 Å². The molecule has 12 heteroatoms. The molecule has 158 valence electrons. The van der Waals surface area contributed by atoms with Gasteiger partial charge in [-0.1, -0.05) is 12.1 Å². The van der Waals surface area contributed by atoms with Crippen LogP contribution in [-0.4, -0.2) is 51.1 Å². The Morgan fingerprint density at radius 1 is 1.21 bits per heavy atom. The molecule has 1 aromatic carbocycles. The quantitative estimate of drug-likeness (QED) is 0.746. The molecule has 8 nitrogen and oxygen atoms in total. The van der Waals surface area contributed by atoms with E-state index in [2.05, 4.69) is 19.4 Å². The number of hydrogen-bond donors (Lipinski definition) is 1. The summed E-state index contributed by atoms with van der Waals surface area (Å²) in [5, 5.41) is 0. The Kier molecular flexibility index (Phi) is 6.24. The lowest BCUT2D eigenvalue weighted by atomic mass is 10.3. The summed E-state index contributed by atoms with van der Waals surface area (Å²) < 4.78 is 74.2. The molecule has 0 aliphatic carbocycles. The highest BCUT2D eigenvalue weighted by molar-refractivity contribution is 7.89. The van der Waals surface area contributed by atoms with Gasteiger partial charge in [-0.2, -0.15) is 0 Å². The smallest absolute Gasteiger partial charge is 0.404 e. The first-order valence-electron chi connectivity index (χ1n) is 8.66. The predicted octanol–water partition coefficient (Wildman–Crippen LogP) is 2.00. The van der Waals surface area contributed by atoms with Crippen LogP contribution in [0.1, 0.15) is 11.4 Å². The molecule has 0 spiro atoms. The summed E-state index contributed by atoms with van der Waals surface area (Å²) in [6, 6.07) is 6.14. The number of nitrogens with zero attached hydrogens (tertiary/aromatic N) is 3. The van der Waals surface area contributed by atoms with Crippen LogP contribution in [0.25, 0.3) is 0 Å². The second-order valence-corrected chi connectivity index (χ2v) is 7.95. The minimum Gasteiger partial charge on any atom is -0.404 e. The molecule has 1 aliphatic heterocycles. The van der Waals surface area contributed by atoms with Gasteiger partial charge < -0.3 is 14.4 Å². The second-order valence-electron chi connectivity index (χ2n) is 6.22. The molecule has 1 N–H and O–H groups in total. The molecule has 2 aromatic rings. The third-order valence-corrected chi connectivity index (χ3v) is 5.44. The predicted molar refractivity (Wildman–Crippen MR) is 97.0 cm³/mol. The van der Waals surface area contributed by atoms with Crippen molar-refractivity contribution >= 4 is 16.0 Å². The third-order valence-electron chi connectivity index (χ3n) is 4.00. The third kappa shape index (κ3) is 5.78. The number of sulfonamides is 1. The van der Waals surface area contributed by atoms with Crippen molar-refractivity contribution in [2.45, 2.75) is 24.7 Å². The highest BCUT2D eigenvalue weighted by Gasteiger charge is 2.34. The molecule has 0 bridgehead atoms. The van der Waals surface area contributed by atoms with Crippen molar-refractivity contribution in [2.75, 3.05) is 31.2 Å². The minimum absolute atomic E-state index is 0.219. The molecule has 0 saturated carbocycles. The average Bonchev–Trinajstić information content (AvgIpc) is 2.66. The zero-order valence-electron chi connectivity index (χ0n) is 15.4. The monoisotopic (exact) mass is 432 g/mol. The maximum atomic E-state index is 12.6. The number of rotatable bonds is 6. The number of benzene rings is 1. The zero-order chi connectivity index (χ0) is 21.1. The van der Waals surface area contributed by atoms with E-state index in [9.17, 15) is 21.6 Å². The molecule has 29 heavy (non-hydrogen) atoms. The normalized spacial score (nSPS) is 15.4. The van der Waals surface area contributed by atoms with Gasteiger partial charge in [-0.05, 0) is 25.1 Å². The lowest BCUT2D eigenvalue weighted by molar-refractivity contribution is -0.275. The van der Waals surface area contributed by atoms with Crippen LogP contribution in [0.4, 0.5) is 19.1 Å². The Bertz CT molecular complexity index is 963. The van der Waals surface area contributed by atoms with Gasteiger partial charge in [-0.3, -0.25) is 0 Å². The summed E-state index contributed by atoms with van der Waals surface area (Å²) in [4.78, 5) is 10.0. The van der Waals surface area contributed by atoms with Gasteiger partial charge in [0.15, 0.2) is 0 Å². The van der Waals surface area contributed by atoms with Crippen LogP contribution < -0.4 is 14.4 Å². The van der Waals surface area contributed by atoms with Gasteiger partial charge in [-0.15, -0.1) is 13.2 Å². The fraction of sp³-hybridized carbons (Fsp3) is 0.412. The highest BCUT2D eigenvalue weighted by Crippen LogP contribution is 2.29. The van der Waals surface area contributed by atoms with Gasteiger partial charge in [0.25, 0.3) is 0 Å². The van der Waals surface area contributed by atoms with Crippen LogP contribution in [0.3, 0.4) is 0 Å². The minimum atomic E-state index is -5.01.